The summed E-state index contributed by atoms with van der Waals surface area (Å²) < 4.78 is 9.84. The maximum absolute atomic E-state index is 12.5. The van der Waals surface area contributed by atoms with Gasteiger partial charge in [0.1, 0.15) is 5.78 Å². The molecule has 1 rings (SSSR count). The molecule has 0 saturated heterocycles. The number of carbonyl (C=O) groups is 2. The Kier molecular flexibility index (Phi) is 12.8. The summed E-state index contributed by atoms with van der Waals surface area (Å²) in [7, 11) is 2.96. The van der Waals surface area contributed by atoms with Crippen LogP contribution in [0.25, 0.3) is 0 Å². The van der Waals surface area contributed by atoms with E-state index in [-0.39, 0.29) is 17.8 Å². The van der Waals surface area contributed by atoms with Crippen molar-refractivity contribution in [1.29, 1.82) is 0 Å². The lowest BCUT2D eigenvalue weighted by Gasteiger charge is -2.19. The van der Waals surface area contributed by atoms with Crippen LogP contribution in [0.4, 0.5) is 0 Å². The molecule has 1 unspecified atom stereocenters. The van der Waals surface area contributed by atoms with E-state index < -0.39 is 12.1 Å². The second kappa shape index (κ2) is 14.5. The largest absolute Gasteiger partial charge is 0.467 e. The molecule has 0 amide bonds. The number of hydrogen-bond donors (Lipinski definition) is 1. The first-order valence-electron chi connectivity index (χ1n) is 10.6. The monoisotopic (exact) mass is 394 g/mol. The molecule has 5 heteroatoms. The number of carbonyl (C=O) groups excluding carboxylic acids is 2. The highest BCUT2D eigenvalue weighted by atomic mass is 16.5. The fraction of sp³-hybridized carbons (Fsp3) is 0.739. The highest BCUT2D eigenvalue weighted by Crippen LogP contribution is 2.38. The van der Waals surface area contributed by atoms with Crippen LogP contribution in [0.5, 0.6) is 0 Å². The Morgan fingerprint density at radius 3 is 2.64 bits per heavy atom. The van der Waals surface area contributed by atoms with Crippen LogP contribution >= 0.6 is 0 Å². The number of unbranched alkanes of at least 4 members (excludes halogenated alkanes) is 4. The minimum Gasteiger partial charge on any atom is -0.467 e. The first-order valence-corrected chi connectivity index (χ1v) is 10.6. The molecule has 4 atom stereocenters. The summed E-state index contributed by atoms with van der Waals surface area (Å²) in [6, 6.07) is 0. The van der Waals surface area contributed by atoms with Crippen LogP contribution < -0.4 is 0 Å². The lowest BCUT2D eigenvalue weighted by molar-refractivity contribution is -0.150. The van der Waals surface area contributed by atoms with Crippen LogP contribution in [0.2, 0.25) is 0 Å². The lowest BCUT2D eigenvalue weighted by Crippen LogP contribution is -2.21. The van der Waals surface area contributed by atoms with Gasteiger partial charge in [0.2, 0.25) is 0 Å². The predicted molar refractivity (Wildman–Crippen MR) is 111 cm³/mol. The van der Waals surface area contributed by atoms with Crippen molar-refractivity contribution in [3.63, 3.8) is 0 Å². The summed E-state index contributed by atoms with van der Waals surface area (Å²) in [5.74, 6) is 0.175. The highest BCUT2D eigenvalue weighted by Gasteiger charge is 2.39. The van der Waals surface area contributed by atoms with Crippen molar-refractivity contribution in [3.05, 3.63) is 24.3 Å². The van der Waals surface area contributed by atoms with Gasteiger partial charge in [-0.15, -0.1) is 0 Å². The quantitative estimate of drug-likeness (QED) is 0.271. The topological polar surface area (TPSA) is 72.8 Å². The molecule has 0 aromatic rings. The van der Waals surface area contributed by atoms with Crippen molar-refractivity contribution in [3.8, 4) is 0 Å². The molecule has 1 fully saturated rings. The van der Waals surface area contributed by atoms with Crippen LogP contribution in [0.3, 0.4) is 0 Å². The van der Waals surface area contributed by atoms with E-state index in [1.807, 2.05) is 12.2 Å². The number of ketones is 1. The van der Waals surface area contributed by atoms with Gasteiger partial charge in [0, 0.05) is 19.4 Å². The highest BCUT2D eigenvalue weighted by molar-refractivity contribution is 5.84. The minimum atomic E-state index is -1.09. The average molecular weight is 395 g/mol. The maximum atomic E-state index is 12.5. The molecule has 1 N–H and O–H groups in total. The normalized spacial score (nSPS) is 23.7. The van der Waals surface area contributed by atoms with Gasteiger partial charge in [-0.25, -0.2) is 4.79 Å². The number of hydrogen-bond acceptors (Lipinski definition) is 5. The van der Waals surface area contributed by atoms with Crippen LogP contribution in [-0.2, 0) is 19.1 Å². The molecule has 1 aliphatic carbocycles. The summed E-state index contributed by atoms with van der Waals surface area (Å²) in [5.41, 5.74) is 0. The number of allylic oxidation sites excluding steroid dienone is 4. The minimum absolute atomic E-state index is 0.00572. The molecule has 0 aromatic heterocycles. The van der Waals surface area contributed by atoms with Crippen molar-refractivity contribution < 1.29 is 24.2 Å². The first kappa shape index (κ1) is 24.6. The third-order valence-corrected chi connectivity index (χ3v) is 5.49. The summed E-state index contributed by atoms with van der Waals surface area (Å²) in [5, 5.41) is 9.60. The Morgan fingerprint density at radius 2 is 1.96 bits per heavy atom. The number of aliphatic hydroxyl groups is 1. The SMILES string of the molecule is CCCCCC/C=C/[C@H]1[C@H](COC)CC(=O)[C@@H]1C/C=C\CCC(O)C(=O)OC. The molecule has 0 radical (unpaired) electrons. The second-order valence-corrected chi connectivity index (χ2v) is 7.67. The summed E-state index contributed by atoms with van der Waals surface area (Å²) in [4.78, 5) is 23.7. The zero-order chi connectivity index (χ0) is 20.8. The van der Waals surface area contributed by atoms with E-state index in [9.17, 15) is 14.7 Å². The van der Waals surface area contributed by atoms with Crippen molar-refractivity contribution in [2.45, 2.75) is 70.8 Å². The molecule has 160 valence electrons. The third-order valence-electron chi connectivity index (χ3n) is 5.49. The molecule has 0 aliphatic heterocycles. The van der Waals surface area contributed by atoms with E-state index in [0.717, 1.165) is 6.42 Å². The van der Waals surface area contributed by atoms with Gasteiger partial charge in [0.25, 0.3) is 0 Å². The van der Waals surface area contributed by atoms with Crippen LogP contribution in [0.1, 0.15) is 64.7 Å². The van der Waals surface area contributed by atoms with Crippen LogP contribution in [0.15, 0.2) is 24.3 Å². The molecule has 1 saturated carbocycles. The first-order chi connectivity index (χ1) is 13.5. The average Bonchev–Trinajstić information content (AvgIpc) is 2.98. The van der Waals surface area contributed by atoms with E-state index in [1.54, 1.807) is 7.11 Å². The second-order valence-electron chi connectivity index (χ2n) is 7.67. The van der Waals surface area contributed by atoms with Crippen LogP contribution in [-0.4, -0.2) is 43.8 Å². The Morgan fingerprint density at radius 1 is 1.18 bits per heavy atom. The van der Waals surface area contributed by atoms with Crippen molar-refractivity contribution in [2.75, 3.05) is 20.8 Å². The molecule has 0 aromatic carbocycles. The maximum Gasteiger partial charge on any atom is 0.334 e. The Hall–Kier alpha value is -1.46. The van der Waals surface area contributed by atoms with Gasteiger partial charge in [-0.3, -0.25) is 4.79 Å². The van der Waals surface area contributed by atoms with Gasteiger partial charge in [-0.1, -0.05) is 50.5 Å². The van der Waals surface area contributed by atoms with Gasteiger partial charge >= 0.3 is 5.97 Å². The number of rotatable bonds is 14. The van der Waals surface area contributed by atoms with E-state index in [1.165, 1.54) is 32.8 Å². The molecule has 0 heterocycles. The zero-order valence-electron chi connectivity index (χ0n) is 17.8. The van der Waals surface area contributed by atoms with Gasteiger partial charge in [-0.05, 0) is 43.9 Å². The molecule has 1 aliphatic rings. The van der Waals surface area contributed by atoms with Gasteiger partial charge in [0.15, 0.2) is 6.10 Å². The Balaban J connectivity index is 2.54. The van der Waals surface area contributed by atoms with Crippen LogP contribution in [0, 0.1) is 17.8 Å². The number of esters is 1. The zero-order valence-corrected chi connectivity index (χ0v) is 17.8. The number of aliphatic hydroxyl groups excluding tert-OH is 1. The number of Topliss-reactive ketones (excluding diaryl/α,β-unsaturated/α-hetero) is 1. The molecule has 5 nitrogen and oxygen atoms in total. The Labute approximate surface area is 170 Å². The lowest BCUT2D eigenvalue weighted by atomic mass is 9.86. The predicted octanol–water partition coefficient (Wildman–Crippen LogP) is 4.24. The van der Waals surface area contributed by atoms with E-state index >= 15 is 0 Å². The smallest absolute Gasteiger partial charge is 0.334 e. The van der Waals surface area contributed by atoms with Crippen molar-refractivity contribution in [1.82, 2.24) is 0 Å². The molecule has 0 bridgehead atoms. The molecule has 0 spiro atoms. The van der Waals surface area contributed by atoms with Gasteiger partial charge in [0.05, 0.1) is 13.7 Å². The van der Waals surface area contributed by atoms with E-state index in [4.69, 9.17) is 4.74 Å². The Bertz CT molecular complexity index is 511. The van der Waals surface area contributed by atoms with Gasteiger partial charge in [-0.2, -0.15) is 0 Å². The standard InChI is InChI=1S/C23H38O5/c1-4-5-6-7-8-10-13-19-18(17-27-2)16-22(25)20(19)14-11-9-12-15-21(24)23(26)28-3/h9-11,13,18-21,24H,4-8,12,14-17H2,1-3H3/b11-9-,13-10+/t18-,19-,20+,21?/m0/s1. The molecule has 28 heavy (non-hydrogen) atoms. The summed E-state index contributed by atoms with van der Waals surface area (Å²) in [6.07, 6.45) is 15.6. The number of ether oxygens (including phenoxy) is 2. The summed E-state index contributed by atoms with van der Waals surface area (Å²) in [6.45, 7) is 2.83. The summed E-state index contributed by atoms with van der Waals surface area (Å²) >= 11 is 0. The van der Waals surface area contributed by atoms with Crippen molar-refractivity contribution >= 4 is 11.8 Å². The third kappa shape index (κ3) is 8.70. The van der Waals surface area contributed by atoms with E-state index in [2.05, 4.69) is 23.8 Å². The van der Waals surface area contributed by atoms with Gasteiger partial charge < -0.3 is 14.6 Å². The fourth-order valence-electron chi connectivity index (χ4n) is 3.86. The number of methoxy groups -OCH3 is 2. The van der Waals surface area contributed by atoms with Crippen molar-refractivity contribution in [2.24, 2.45) is 17.8 Å². The van der Waals surface area contributed by atoms with E-state index in [0.29, 0.717) is 38.1 Å². The fourth-order valence-corrected chi connectivity index (χ4v) is 3.86. The molecular weight excluding hydrogens is 356 g/mol. The molecular formula is C23H38O5.